The largest absolute Gasteiger partial charge is 0.435 e. The van der Waals surface area contributed by atoms with Gasteiger partial charge in [0.1, 0.15) is 5.75 Å². The zero-order chi connectivity index (χ0) is 11.3. The van der Waals surface area contributed by atoms with E-state index in [0.717, 1.165) is 18.4 Å². The first-order valence-corrected chi connectivity index (χ1v) is 4.93. The average Bonchev–Trinajstić information content (AvgIpc) is 2.17. The summed E-state index contributed by atoms with van der Waals surface area (Å²) in [5, 5.41) is 0. The molecule has 2 N–H and O–H groups in total. The molecule has 0 heterocycles. The molecular formula is C11H16ClF2NO. The third-order valence-corrected chi connectivity index (χ3v) is 2.11. The minimum Gasteiger partial charge on any atom is -0.435 e. The van der Waals surface area contributed by atoms with Gasteiger partial charge in [-0.1, -0.05) is 25.5 Å². The van der Waals surface area contributed by atoms with Crippen molar-refractivity contribution < 1.29 is 13.5 Å². The van der Waals surface area contributed by atoms with Crippen LogP contribution in [-0.4, -0.2) is 6.61 Å². The van der Waals surface area contributed by atoms with Crippen LogP contribution >= 0.6 is 12.4 Å². The maximum atomic E-state index is 11.9. The third-order valence-electron chi connectivity index (χ3n) is 2.11. The summed E-state index contributed by atoms with van der Waals surface area (Å²) in [4.78, 5) is 0. The predicted octanol–water partition coefficient (Wildman–Crippen LogP) is 3.51. The van der Waals surface area contributed by atoms with Gasteiger partial charge >= 0.3 is 6.61 Å². The fourth-order valence-electron chi connectivity index (χ4n) is 1.40. The number of hydrogen-bond donors (Lipinski definition) is 1. The normalized spacial score (nSPS) is 12.1. The van der Waals surface area contributed by atoms with Crippen LogP contribution in [-0.2, 0) is 0 Å². The highest BCUT2D eigenvalue weighted by Gasteiger charge is 2.08. The molecule has 1 aromatic carbocycles. The standard InChI is InChI=1S/C11H15F2NO.ClH/c1-2-4-10(14)8-5-3-6-9(7-8)15-11(12)13;/h3,5-7,10-11H,2,4,14H2,1H3;1H/t10-;/m1./s1. The van der Waals surface area contributed by atoms with E-state index in [4.69, 9.17) is 5.73 Å². The van der Waals surface area contributed by atoms with Crippen LogP contribution in [0.15, 0.2) is 24.3 Å². The highest BCUT2D eigenvalue weighted by molar-refractivity contribution is 5.85. The van der Waals surface area contributed by atoms with Gasteiger partial charge in [0.15, 0.2) is 0 Å². The minimum atomic E-state index is -2.79. The number of ether oxygens (including phenoxy) is 1. The van der Waals surface area contributed by atoms with Crippen LogP contribution in [0.4, 0.5) is 8.78 Å². The second-order valence-electron chi connectivity index (χ2n) is 3.35. The van der Waals surface area contributed by atoms with Gasteiger partial charge in [0, 0.05) is 6.04 Å². The summed E-state index contributed by atoms with van der Waals surface area (Å²) in [7, 11) is 0. The van der Waals surface area contributed by atoms with Gasteiger partial charge in [-0.05, 0) is 24.1 Å². The van der Waals surface area contributed by atoms with E-state index in [1.165, 1.54) is 6.07 Å². The number of rotatable bonds is 5. The van der Waals surface area contributed by atoms with Crippen LogP contribution < -0.4 is 10.5 Å². The summed E-state index contributed by atoms with van der Waals surface area (Å²) in [6.07, 6.45) is 1.79. The van der Waals surface area contributed by atoms with E-state index in [0.29, 0.717) is 0 Å². The lowest BCUT2D eigenvalue weighted by Crippen LogP contribution is -2.10. The Kier molecular flexibility index (Phi) is 7.01. The average molecular weight is 252 g/mol. The van der Waals surface area contributed by atoms with E-state index in [1.54, 1.807) is 12.1 Å². The van der Waals surface area contributed by atoms with Gasteiger partial charge in [-0.15, -0.1) is 12.4 Å². The number of halogens is 3. The van der Waals surface area contributed by atoms with Gasteiger partial charge in [-0.3, -0.25) is 0 Å². The molecule has 0 spiro atoms. The Morgan fingerprint density at radius 3 is 2.62 bits per heavy atom. The zero-order valence-electron chi connectivity index (χ0n) is 9.03. The molecule has 5 heteroatoms. The van der Waals surface area contributed by atoms with Crippen molar-refractivity contribution in [3.05, 3.63) is 29.8 Å². The molecule has 0 bridgehead atoms. The van der Waals surface area contributed by atoms with Crippen molar-refractivity contribution in [3.8, 4) is 5.75 Å². The molecule has 1 rings (SSSR count). The van der Waals surface area contributed by atoms with Crippen LogP contribution in [0.5, 0.6) is 5.75 Å². The van der Waals surface area contributed by atoms with Crippen LogP contribution in [0.3, 0.4) is 0 Å². The molecule has 1 atom stereocenters. The molecule has 0 saturated heterocycles. The van der Waals surface area contributed by atoms with E-state index in [-0.39, 0.29) is 24.2 Å². The van der Waals surface area contributed by atoms with E-state index in [2.05, 4.69) is 4.74 Å². The number of nitrogens with two attached hydrogens (primary N) is 1. The molecule has 0 fully saturated rings. The van der Waals surface area contributed by atoms with Crippen molar-refractivity contribution in [1.82, 2.24) is 0 Å². The van der Waals surface area contributed by atoms with E-state index < -0.39 is 6.61 Å². The SMILES string of the molecule is CCC[C@@H](N)c1cccc(OC(F)F)c1.Cl. The summed E-state index contributed by atoms with van der Waals surface area (Å²) < 4.78 is 28.2. The summed E-state index contributed by atoms with van der Waals surface area (Å²) in [6, 6.07) is 6.43. The second-order valence-corrected chi connectivity index (χ2v) is 3.35. The number of hydrogen-bond acceptors (Lipinski definition) is 2. The summed E-state index contributed by atoms with van der Waals surface area (Å²) in [6.45, 7) is -0.762. The van der Waals surface area contributed by atoms with Crippen molar-refractivity contribution in [2.24, 2.45) is 5.73 Å². The molecule has 0 aliphatic rings. The molecule has 0 radical (unpaired) electrons. The fourth-order valence-corrected chi connectivity index (χ4v) is 1.40. The van der Waals surface area contributed by atoms with Gasteiger partial charge in [0.25, 0.3) is 0 Å². The van der Waals surface area contributed by atoms with Crippen LogP contribution in [0.2, 0.25) is 0 Å². The molecule has 0 unspecified atom stereocenters. The van der Waals surface area contributed by atoms with E-state index >= 15 is 0 Å². The number of alkyl halides is 2. The van der Waals surface area contributed by atoms with Crippen LogP contribution in [0.1, 0.15) is 31.4 Å². The first-order chi connectivity index (χ1) is 7.13. The van der Waals surface area contributed by atoms with Crippen molar-refractivity contribution in [1.29, 1.82) is 0 Å². The van der Waals surface area contributed by atoms with Crippen molar-refractivity contribution in [2.45, 2.75) is 32.4 Å². The first kappa shape index (κ1) is 15.1. The lowest BCUT2D eigenvalue weighted by Gasteiger charge is -2.12. The lowest BCUT2D eigenvalue weighted by molar-refractivity contribution is -0.0499. The molecular weight excluding hydrogens is 236 g/mol. The van der Waals surface area contributed by atoms with Crippen molar-refractivity contribution in [3.63, 3.8) is 0 Å². The smallest absolute Gasteiger partial charge is 0.387 e. The maximum absolute atomic E-state index is 11.9. The van der Waals surface area contributed by atoms with Gasteiger partial charge in [-0.2, -0.15) is 8.78 Å². The van der Waals surface area contributed by atoms with Gasteiger partial charge in [-0.25, -0.2) is 0 Å². The molecule has 0 aliphatic heterocycles. The predicted molar refractivity (Wildman–Crippen MR) is 62.2 cm³/mol. The third kappa shape index (κ3) is 4.77. The Hall–Kier alpha value is -0.870. The minimum absolute atomic E-state index is 0. The second kappa shape index (κ2) is 7.41. The Balaban J connectivity index is 0.00000225. The van der Waals surface area contributed by atoms with Crippen molar-refractivity contribution in [2.75, 3.05) is 0 Å². The molecule has 0 aliphatic carbocycles. The van der Waals surface area contributed by atoms with Crippen LogP contribution in [0, 0.1) is 0 Å². The summed E-state index contributed by atoms with van der Waals surface area (Å²) >= 11 is 0. The highest BCUT2D eigenvalue weighted by atomic mass is 35.5. The quantitative estimate of drug-likeness (QED) is 0.869. The molecule has 92 valence electrons. The van der Waals surface area contributed by atoms with E-state index in [1.807, 2.05) is 13.0 Å². The molecule has 0 aromatic heterocycles. The first-order valence-electron chi connectivity index (χ1n) is 4.93. The number of benzene rings is 1. The lowest BCUT2D eigenvalue weighted by atomic mass is 10.0. The van der Waals surface area contributed by atoms with Gasteiger partial charge in [0.05, 0.1) is 0 Å². The molecule has 16 heavy (non-hydrogen) atoms. The molecule has 0 amide bonds. The fraction of sp³-hybridized carbons (Fsp3) is 0.455. The monoisotopic (exact) mass is 251 g/mol. The molecule has 2 nitrogen and oxygen atoms in total. The van der Waals surface area contributed by atoms with Crippen molar-refractivity contribution >= 4 is 12.4 Å². The highest BCUT2D eigenvalue weighted by Crippen LogP contribution is 2.21. The maximum Gasteiger partial charge on any atom is 0.387 e. The Morgan fingerprint density at radius 1 is 1.38 bits per heavy atom. The Labute approximate surface area is 100 Å². The Bertz CT molecular complexity index is 310. The Morgan fingerprint density at radius 2 is 2.06 bits per heavy atom. The molecule has 0 saturated carbocycles. The van der Waals surface area contributed by atoms with Gasteiger partial charge in [0.2, 0.25) is 0 Å². The summed E-state index contributed by atoms with van der Waals surface area (Å²) in [5.41, 5.74) is 6.69. The van der Waals surface area contributed by atoms with Gasteiger partial charge < -0.3 is 10.5 Å². The topological polar surface area (TPSA) is 35.2 Å². The summed E-state index contributed by atoms with van der Waals surface area (Å²) in [5.74, 6) is 0.161. The zero-order valence-corrected chi connectivity index (χ0v) is 9.84. The van der Waals surface area contributed by atoms with E-state index in [9.17, 15) is 8.78 Å². The van der Waals surface area contributed by atoms with Crippen LogP contribution in [0.25, 0.3) is 0 Å². The molecule has 1 aromatic rings.